The fraction of sp³-hybridized carbons (Fsp3) is 0.400. The first kappa shape index (κ1) is 9.41. The second kappa shape index (κ2) is 3.34. The molecule has 1 saturated heterocycles. The topological polar surface area (TPSA) is 85.5 Å². The third-order valence-electron chi connectivity index (χ3n) is 2.92. The summed E-state index contributed by atoms with van der Waals surface area (Å²) in [6.07, 6.45) is 2.98. The lowest BCUT2D eigenvalue weighted by Crippen LogP contribution is -2.26. The summed E-state index contributed by atoms with van der Waals surface area (Å²) in [6.45, 7) is 1.90. The number of nitrogens with two attached hydrogens (primary N) is 2. The second-order valence-corrected chi connectivity index (χ2v) is 4.15. The van der Waals surface area contributed by atoms with Gasteiger partial charge in [-0.05, 0) is 18.6 Å². The van der Waals surface area contributed by atoms with Crippen LogP contribution in [0.2, 0.25) is 0 Å². The lowest BCUT2D eigenvalue weighted by Gasteiger charge is -2.17. The summed E-state index contributed by atoms with van der Waals surface area (Å²) in [4.78, 5) is 6.33. The molecule has 1 atom stereocenters. The predicted molar refractivity (Wildman–Crippen MR) is 62.2 cm³/mol. The second-order valence-electron chi connectivity index (χ2n) is 4.15. The highest BCUT2D eigenvalue weighted by molar-refractivity contribution is 5.53. The third-order valence-corrected chi connectivity index (χ3v) is 2.92. The summed E-state index contributed by atoms with van der Waals surface area (Å²) in [7, 11) is 0. The molecule has 6 nitrogen and oxygen atoms in total. The van der Waals surface area contributed by atoms with Crippen molar-refractivity contribution in [2.45, 2.75) is 12.5 Å². The van der Waals surface area contributed by atoms with E-state index in [2.05, 4.69) is 15.0 Å². The molecule has 0 aliphatic carbocycles. The Kier molecular flexibility index (Phi) is 1.97. The molecular formula is C10H14N6. The van der Waals surface area contributed by atoms with Gasteiger partial charge >= 0.3 is 0 Å². The lowest BCUT2D eigenvalue weighted by atomic mass is 10.3. The van der Waals surface area contributed by atoms with Gasteiger partial charge in [0.15, 0.2) is 5.65 Å². The van der Waals surface area contributed by atoms with Crippen LogP contribution in [0, 0.1) is 0 Å². The Morgan fingerprint density at radius 2 is 2.25 bits per heavy atom. The third kappa shape index (κ3) is 1.47. The number of hydrogen-bond acceptors (Lipinski definition) is 5. The summed E-state index contributed by atoms with van der Waals surface area (Å²) in [5.41, 5.74) is 13.3. The van der Waals surface area contributed by atoms with Crippen LogP contribution < -0.4 is 16.4 Å². The van der Waals surface area contributed by atoms with Gasteiger partial charge in [-0.1, -0.05) is 0 Å². The highest BCUT2D eigenvalue weighted by Crippen LogP contribution is 2.20. The minimum atomic E-state index is 0.275. The number of fused-ring (bicyclic) bond motifs is 1. The fourth-order valence-electron chi connectivity index (χ4n) is 2.10. The van der Waals surface area contributed by atoms with Crippen molar-refractivity contribution in [3.8, 4) is 0 Å². The number of aromatic nitrogens is 3. The molecule has 6 heteroatoms. The molecule has 0 aromatic carbocycles. The van der Waals surface area contributed by atoms with E-state index in [0.29, 0.717) is 5.95 Å². The van der Waals surface area contributed by atoms with E-state index >= 15 is 0 Å². The van der Waals surface area contributed by atoms with Gasteiger partial charge in [0.2, 0.25) is 5.95 Å². The molecule has 0 bridgehead atoms. The summed E-state index contributed by atoms with van der Waals surface area (Å²) >= 11 is 0. The normalized spacial score (nSPS) is 20.8. The zero-order chi connectivity index (χ0) is 11.1. The predicted octanol–water partition coefficient (Wildman–Crippen LogP) is -0.151. The van der Waals surface area contributed by atoms with Crippen molar-refractivity contribution in [3.63, 3.8) is 0 Å². The van der Waals surface area contributed by atoms with Crippen LogP contribution in [0.1, 0.15) is 6.42 Å². The highest BCUT2D eigenvalue weighted by atomic mass is 15.3. The average molecular weight is 218 g/mol. The first-order chi connectivity index (χ1) is 7.72. The Balaban J connectivity index is 1.98. The first-order valence-corrected chi connectivity index (χ1v) is 5.35. The van der Waals surface area contributed by atoms with Crippen LogP contribution in [0.25, 0.3) is 5.65 Å². The Labute approximate surface area is 92.9 Å². The smallest absolute Gasteiger partial charge is 0.240 e. The van der Waals surface area contributed by atoms with E-state index in [9.17, 15) is 0 Å². The number of hydrogen-bond donors (Lipinski definition) is 2. The molecular weight excluding hydrogens is 204 g/mol. The van der Waals surface area contributed by atoms with Crippen LogP contribution in [-0.2, 0) is 0 Å². The van der Waals surface area contributed by atoms with Crippen molar-refractivity contribution >= 4 is 17.3 Å². The van der Waals surface area contributed by atoms with Crippen molar-refractivity contribution < 1.29 is 0 Å². The number of nitrogen functional groups attached to an aromatic ring is 1. The zero-order valence-electron chi connectivity index (χ0n) is 8.87. The van der Waals surface area contributed by atoms with Crippen molar-refractivity contribution in [2.75, 3.05) is 23.7 Å². The molecule has 3 heterocycles. The molecule has 2 aromatic rings. The number of anilines is 2. The SMILES string of the molecule is Nc1nc2ccc(N3CCC(N)C3)cn2n1. The van der Waals surface area contributed by atoms with Gasteiger partial charge in [0, 0.05) is 19.1 Å². The highest BCUT2D eigenvalue weighted by Gasteiger charge is 2.19. The summed E-state index contributed by atoms with van der Waals surface area (Å²) in [5.74, 6) is 0.301. The molecule has 4 N–H and O–H groups in total. The maximum absolute atomic E-state index is 5.88. The van der Waals surface area contributed by atoms with Gasteiger partial charge in [0.25, 0.3) is 0 Å². The van der Waals surface area contributed by atoms with Crippen molar-refractivity contribution in [1.29, 1.82) is 0 Å². The van der Waals surface area contributed by atoms with Crippen LogP contribution in [0.4, 0.5) is 11.6 Å². The van der Waals surface area contributed by atoms with E-state index in [4.69, 9.17) is 11.5 Å². The zero-order valence-corrected chi connectivity index (χ0v) is 8.87. The largest absolute Gasteiger partial charge is 0.369 e. The molecule has 2 aromatic heterocycles. The number of rotatable bonds is 1. The van der Waals surface area contributed by atoms with E-state index in [1.807, 2.05) is 18.3 Å². The maximum atomic E-state index is 5.88. The van der Waals surface area contributed by atoms with Gasteiger partial charge in [-0.3, -0.25) is 0 Å². The Morgan fingerprint density at radius 3 is 3.00 bits per heavy atom. The summed E-state index contributed by atoms with van der Waals surface area (Å²) in [6, 6.07) is 4.22. The molecule has 0 saturated carbocycles. The van der Waals surface area contributed by atoms with Crippen LogP contribution in [-0.4, -0.2) is 33.7 Å². The van der Waals surface area contributed by atoms with Gasteiger partial charge in [0.1, 0.15) is 0 Å². The molecule has 1 unspecified atom stereocenters. The van der Waals surface area contributed by atoms with Crippen LogP contribution in [0.5, 0.6) is 0 Å². The standard InChI is InChI=1S/C10H14N6/c11-7-3-4-15(5-7)8-1-2-9-13-10(12)14-16(9)6-8/h1-2,6-7H,3-5,11H2,(H2,12,14). The number of pyridine rings is 1. The average Bonchev–Trinajstić information content (AvgIpc) is 2.81. The molecule has 84 valence electrons. The van der Waals surface area contributed by atoms with E-state index in [0.717, 1.165) is 30.8 Å². The maximum Gasteiger partial charge on any atom is 0.240 e. The van der Waals surface area contributed by atoms with Gasteiger partial charge in [-0.25, -0.2) is 4.52 Å². The lowest BCUT2D eigenvalue weighted by molar-refractivity contribution is 0.752. The molecule has 1 aliphatic heterocycles. The Bertz CT molecular complexity index is 519. The van der Waals surface area contributed by atoms with Crippen molar-refractivity contribution in [3.05, 3.63) is 18.3 Å². The van der Waals surface area contributed by atoms with E-state index in [-0.39, 0.29) is 6.04 Å². The van der Waals surface area contributed by atoms with Crippen LogP contribution in [0.3, 0.4) is 0 Å². The first-order valence-electron chi connectivity index (χ1n) is 5.35. The Hall–Kier alpha value is -1.82. The number of nitrogens with zero attached hydrogens (tertiary/aromatic N) is 4. The fourth-order valence-corrected chi connectivity index (χ4v) is 2.10. The minimum Gasteiger partial charge on any atom is -0.369 e. The van der Waals surface area contributed by atoms with Gasteiger partial charge in [-0.15, -0.1) is 5.10 Å². The Morgan fingerprint density at radius 1 is 1.38 bits per heavy atom. The van der Waals surface area contributed by atoms with Gasteiger partial charge in [0.05, 0.1) is 11.9 Å². The van der Waals surface area contributed by atoms with Crippen molar-refractivity contribution in [2.24, 2.45) is 5.73 Å². The summed E-state index contributed by atoms with van der Waals surface area (Å²) < 4.78 is 1.70. The van der Waals surface area contributed by atoms with Gasteiger partial charge in [-0.2, -0.15) is 4.98 Å². The molecule has 16 heavy (non-hydrogen) atoms. The molecule has 1 aliphatic rings. The van der Waals surface area contributed by atoms with E-state index in [1.165, 1.54) is 0 Å². The van der Waals surface area contributed by atoms with E-state index in [1.54, 1.807) is 4.52 Å². The van der Waals surface area contributed by atoms with Crippen molar-refractivity contribution in [1.82, 2.24) is 14.6 Å². The van der Waals surface area contributed by atoms with Crippen LogP contribution in [0.15, 0.2) is 18.3 Å². The van der Waals surface area contributed by atoms with E-state index < -0.39 is 0 Å². The molecule has 0 spiro atoms. The molecule has 0 radical (unpaired) electrons. The monoisotopic (exact) mass is 218 g/mol. The molecule has 3 rings (SSSR count). The molecule has 0 amide bonds. The molecule has 1 fully saturated rings. The van der Waals surface area contributed by atoms with Gasteiger partial charge < -0.3 is 16.4 Å². The van der Waals surface area contributed by atoms with Crippen LogP contribution >= 0.6 is 0 Å². The summed E-state index contributed by atoms with van der Waals surface area (Å²) in [5, 5.41) is 4.09. The quantitative estimate of drug-likeness (QED) is 0.695. The minimum absolute atomic E-state index is 0.275.